The van der Waals surface area contributed by atoms with Gasteiger partial charge < -0.3 is 4.74 Å². The van der Waals surface area contributed by atoms with Crippen molar-refractivity contribution in [3.8, 4) is 11.8 Å². The number of nitrogens with zero attached hydrogens (tertiary/aromatic N) is 3. The number of rotatable bonds is 6. The summed E-state index contributed by atoms with van der Waals surface area (Å²) in [4.78, 5) is 21.7. The molecule has 1 amide bonds. The molecule has 0 radical (unpaired) electrons. The van der Waals surface area contributed by atoms with E-state index in [-0.39, 0.29) is 12.3 Å². The van der Waals surface area contributed by atoms with Crippen LogP contribution in [0.5, 0.6) is 5.75 Å². The molecule has 1 N–H and O–H groups in total. The molecule has 0 aliphatic carbocycles. The molecule has 0 saturated heterocycles. The quantitative estimate of drug-likeness (QED) is 0.495. The van der Waals surface area contributed by atoms with Crippen molar-refractivity contribution in [3.05, 3.63) is 69.8 Å². The average molecular weight is 324 g/mol. The highest BCUT2D eigenvalue weighted by molar-refractivity contribution is 5.83. The van der Waals surface area contributed by atoms with Crippen LogP contribution in [0.1, 0.15) is 11.1 Å². The molecule has 0 heterocycles. The zero-order valence-corrected chi connectivity index (χ0v) is 12.4. The summed E-state index contributed by atoms with van der Waals surface area (Å²) in [6.45, 7) is -0.295. The second-order valence-electron chi connectivity index (χ2n) is 4.54. The number of nitro benzene ring substituents is 1. The van der Waals surface area contributed by atoms with Crippen molar-refractivity contribution < 1.29 is 14.5 Å². The van der Waals surface area contributed by atoms with Crippen molar-refractivity contribution in [2.45, 2.75) is 0 Å². The van der Waals surface area contributed by atoms with Crippen LogP contribution in [0, 0.1) is 21.4 Å². The van der Waals surface area contributed by atoms with Crippen LogP contribution >= 0.6 is 0 Å². The van der Waals surface area contributed by atoms with Gasteiger partial charge in [-0.05, 0) is 29.8 Å². The van der Waals surface area contributed by atoms with E-state index in [1.165, 1.54) is 30.5 Å². The van der Waals surface area contributed by atoms with Crippen molar-refractivity contribution in [1.82, 2.24) is 5.43 Å². The monoisotopic (exact) mass is 324 g/mol. The SMILES string of the molecule is N#Cc1ccccc1OCC(=O)N/N=C\c1ccc([N+](=O)[O-])cc1. The lowest BCUT2D eigenvalue weighted by atomic mass is 10.2. The topological polar surface area (TPSA) is 118 Å². The van der Waals surface area contributed by atoms with Gasteiger partial charge in [0.05, 0.1) is 16.7 Å². The number of carbonyl (C=O) groups excluding carboxylic acids is 1. The Hall–Kier alpha value is -3.73. The maximum Gasteiger partial charge on any atom is 0.277 e. The number of hydrazone groups is 1. The van der Waals surface area contributed by atoms with E-state index in [0.29, 0.717) is 16.9 Å². The minimum Gasteiger partial charge on any atom is -0.482 e. The van der Waals surface area contributed by atoms with Crippen molar-refractivity contribution >= 4 is 17.8 Å². The Balaban J connectivity index is 1.84. The number of hydrogen-bond donors (Lipinski definition) is 1. The van der Waals surface area contributed by atoms with E-state index in [9.17, 15) is 14.9 Å². The molecule has 2 aromatic rings. The number of amides is 1. The van der Waals surface area contributed by atoms with Crippen molar-refractivity contribution in [1.29, 1.82) is 5.26 Å². The number of non-ortho nitro benzene ring substituents is 1. The molecule has 0 aliphatic heterocycles. The van der Waals surface area contributed by atoms with E-state index in [1.807, 2.05) is 6.07 Å². The predicted molar refractivity (Wildman–Crippen MR) is 85.5 cm³/mol. The number of para-hydroxylation sites is 1. The number of nitro groups is 1. The van der Waals surface area contributed by atoms with E-state index < -0.39 is 10.8 Å². The van der Waals surface area contributed by atoms with E-state index in [1.54, 1.807) is 24.3 Å². The smallest absolute Gasteiger partial charge is 0.277 e. The second-order valence-corrected chi connectivity index (χ2v) is 4.54. The molecule has 0 aromatic heterocycles. The van der Waals surface area contributed by atoms with Gasteiger partial charge in [-0.1, -0.05) is 12.1 Å². The fourth-order valence-corrected chi connectivity index (χ4v) is 1.72. The maximum atomic E-state index is 11.6. The molecular formula is C16H12N4O4. The molecule has 2 aromatic carbocycles. The highest BCUT2D eigenvalue weighted by Crippen LogP contribution is 2.16. The molecule has 8 heteroatoms. The molecule has 0 bridgehead atoms. The molecule has 0 spiro atoms. The molecule has 0 aliphatic rings. The van der Waals surface area contributed by atoms with Crippen LogP contribution in [0.25, 0.3) is 0 Å². The highest BCUT2D eigenvalue weighted by Gasteiger charge is 2.05. The Morgan fingerprint density at radius 3 is 2.67 bits per heavy atom. The lowest BCUT2D eigenvalue weighted by Gasteiger charge is -2.06. The molecule has 8 nitrogen and oxygen atoms in total. The minimum absolute atomic E-state index is 0.0271. The van der Waals surface area contributed by atoms with Crippen LogP contribution in [0.3, 0.4) is 0 Å². The number of nitrogens with one attached hydrogen (secondary N) is 1. The van der Waals surface area contributed by atoms with Crippen LogP contribution < -0.4 is 10.2 Å². The third-order valence-corrected chi connectivity index (χ3v) is 2.87. The van der Waals surface area contributed by atoms with Gasteiger partial charge in [-0.2, -0.15) is 10.4 Å². The third-order valence-electron chi connectivity index (χ3n) is 2.87. The Morgan fingerprint density at radius 1 is 1.29 bits per heavy atom. The zero-order valence-electron chi connectivity index (χ0n) is 12.4. The molecule has 24 heavy (non-hydrogen) atoms. The normalized spacial score (nSPS) is 10.1. The summed E-state index contributed by atoms with van der Waals surface area (Å²) >= 11 is 0. The molecule has 120 valence electrons. The maximum absolute atomic E-state index is 11.6. The van der Waals surface area contributed by atoms with Gasteiger partial charge in [-0.25, -0.2) is 5.43 Å². The highest BCUT2D eigenvalue weighted by atomic mass is 16.6. The van der Waals surface area contributed by atoms with Crippen molar-refractivity contribution in [2.75, 3.05) is 6.61 Å². The zero-order chi connectivity index (χ0) is 17.4. The van der Waals surface area contributed by atoms with Crippen LogP contribution in [0.4, 0.5) is 5.69 Å². The number of benzene rings is 2. The molecule has 0 unspecified atom stereocenters. The first-order chi connectivity index (χ1) is 11.6. The van der Waals surface area contributed by atoms with Gasteiger partial charge in [0.1, 0.15) is 11.8 Å². The van der Waals surface area contributed by atoms with Crippen LogP contribution in [-0.2, 0) is 4.79 Å². The van der Waals surface area contributed by atoms with Crippen molar-refractivity contribution in [2.24, 2.45) is 5.10 Å². The Kier molecular flexibility index (Phi) is 5.58. The van der Waals surface area contributed by atoms with Crippen molar-refractivity contribution in [3.63, 3.8) is 0 Å². The largest absolute Gasteiger partial charge is 0.482 e. The van der Waals surface area contributed by atoms with Gasteiger partial charge in [0.15, 0.2) is 6.61 Å². The summed E-state index contributed by atoms with van der Waals surface area (Å²) < 4.78 is 5.25. The van der Waals surface area contributed by atoms with Gasteiger partial charge in [-0.3, -0.25) is 14.9 Å². The fraction of sp³-hybridized carbons (Fsp3) is 0.0625. The number of nitriles is 1. The number of carbonyl (C=O) groups is 1. The lowest BCUT2D eigenvalue weighted by Crippen LogP contribution is -2.24. The second kappa shape index (κ2) is 8.05. The van der Waals surface area contributed by atoms with Gasteiger partial charge >= 0.3 is 0 Å². The van der Waals surface area contributed by atoms with Crippen LogP contribution in [-0.4, -0.2) is 23.7 Å². The minimum atomic E-state index is -0.501. The first-order valence-electron chi connectivity index (χ1n) is 6.78. The number of hydrogen-bond acceptors (Lipinski definition) is 6. The van der Waals surface area contributed by atoms with Crippen LogP contribution in [0.15, 0.2) is 53.6 Å². The Labute approximate surface area is 137 Å². The molecule has 0 fully saturated rings. The van der Waals surface area contributed by atoms with E-state index >= 15 is 0 Å². The predicted octanol–water partition coefficient (Wildman–Crippen LogP) is 2.00. The van der Waals surface area contributed by atoms with E-state index in [0.717, 1.165) is 0 Å². The molecular weight excluding hydrogens is 312 g/mol. The summed E-state index contributed by atoms with van der Waals surface area (Å²) in [5.41, 5.74) is 3.17. The first-order valence-corrected chi connectivity index (χ1v) is 6.78. The summed E-state index contributed by atoms with van der Waals surface area (Å²) in [5.74, 6) is -0.185. The summed E-state index contributed by atoms with van der Waals surface area (Å²) in [6, 6.07) is 14.2. The molecule has 2 rings (SSSR count). The van der Waals surface area contributed by atoms with Gasteiger partial charge in [0.25, 0.3) is 11.6 Å². The molecule has 0 saturated carbocycles. The number of ether oxygens (including phenoxy) is 1. The van der Waals surface area contributed by atoms with Gasteiger partial charge in [0.2, 0.25) is 0 Å². The third kappa shape index (κ3) is 4.64. The summed E-state index contributed by atoms with van der Waals surface area (Å²) in [5, 5.41) is 23.2. The fourth-order valence-electron chi connectivity index (χ4n) is 1.72. The van der Waals surface area contributed by atoms with Gasteiger partial charge in [-0.15, -0.1) is 0 Å². The van der Waals surface area contributed by atoms with E-state index in [4.69, 9.17) is 10.00 Å². The van der Waals surface area contributed by atoms with E-state index in [2.05, 4.69) is 10.5 Å². The Bertz CT molecular complexity index is 810. The lowest BCUT2D eigenvalue weighted by molar-refractivity contribution is -0.384. The first kappa shape index (κ1) is 16.6. The summed E-state index contributed by atoms with van der Waals surface area (Å²) in [7, 11) is 0. The Morgan fingerprint density at radius 2 is 2.00 bits per heavy atom. The molecule has 0 atom stereocenters. The van der Waals surface area contributed by atoms with Gasteiger partial charge in [0, 0.05) is 12.1 Å². The standard InChI is InChI=1S/C16H12N4O4/c17-9-13-3-1-2-4-15(13)24-11-16(21)19-18-10-12-5-7-14(8-6-12)20(22)23/h1-8,10H,11H2,(H,19,21)/b18-10-. The summed E-state index contributed by atoms with van der Waals surface area (Å²) in [6.07, 6.45) is 1.35. The average Bonchev–Trinajstić information content (AvgIpc) is 2.60. The van der Waals surface area contributed by atoms with Crippen LogP contribution in [0.2, 0.25) is 0 Å².